The second kappa shape index (κ2) is 13.2. The van der Waals surface area contributed by atoms with Gasteiger partial charge in [0.25, 0.3) is 5.91 Å². The summed E-state index contributed by atoms with van der Waals surface area (Å²) < 4.78 is 10.5. The fourth-order valence-corrected chi connectivity index (χ4v) is 4.08. The molecule has 1 aromatic heterocycles. The Hall–Kier alpha value is -5.31. The number of imide groups is 1. The molecule has 3 N–H and O–H groups in total. The Labute approximate surface area is 237 Å². The maximum atomic E-state index is 13.3. The van der Waals surface area contributed by atoms with E-state index < -0.39 is 18.0 Å². The standard InChI is InChI=1S/C32H30N4O5/c1-3-40-32(39)36(17-16-23-19-26-6-4-5-7-28(26)35-20-23)30(37)21(2)18-22-8-10-25(11-9-22)31(38)41-27-14-12-24(13-15-27)29(33)34/h4-15,18-20H,3,16-17H2,1-2H3,(H3,33,34). The van der Waals surface area contributed by atoms with Gasteiger partial charge in [-0.15, -0.1) is 0 Å². The maximum Gasteiger partial charge on any atom is 0.416 e. The summed E-state index contributed by atoms with van der Waals surface area (Å²) in [5.41, 5.74) is 9.05. The smallest absolute Gasteiger partial charge is 0.416 e. The number of amides is 2. The number of nitrogens with zero attached hydrogens (tertiary/aromatic N) is 2. The minimum Gasteiger partial charge on any atom is -0.449 e. The molecular weight excluding hydrogens is 520 g/mol. The molecule has 208 valence electrons. The Morgan fingerprint density at radius 3 is 2.34 bits per heavy atom. The Bertz CT molecular complexity index is 1610. The second-order valence-electron chi connectivity index (χ2n) is 9.22. The number of ether oxygens (including phenoxy) is 2. The molecule has 1 heterocycles. The highest BCUT2D eigenvalue weighted by Gasteiger charge is 2.24. The Kier molecular flexibility index (Phi) is 9.21. The van der Waals surface area contributed by atoms with Crippen LogP contribution in [0.1, 0.15) is 40.9 Å². The van der Waals surface area contributed by atoms with Gasteiger partial charge in [-0.3, -0.25) is 15.2 Å². The van der Waals surface area contributed by atoms with Gasteiger partial charge in [0.1, 0.15) is 11.6 Å². The lowest BCUT2D eigenvalue weighted by molar-refractivity contribution is -0.125. The molecule has 0 saturated carbocycles. The monoisotopic (exact) mass is 550 g/mol. The number of para-hydroxylation sites is 1. The van der Waals surface area contributed by atoms with Crippen molar-refractivity contribution in [2.75, 3.05) is 13.2 Å². The van der Waals surface area contributed by atoms with Crippen molar-refractivity contribution in [2.24, 2.45) is 5.73 Å². The number of pyridine rings is 1. The average Bonchev–Trinajstić information content (AvgIpc) is 2.97. The van der Waals surface area contributed by atoms with E-state index in [-0.39, 0.29) is 19.0 Å². The summed E-state index contributed by atoms with van der Waals surface area (Å²) >= 11 is 0. The fourth-order valence-electron chi connectivity index (χ4n) is 4.08. The van der Waals surface area contributed by atoms with Crippen molar-refractivity contribution < 1.29 is 23.9 Å². The molecule has 3 aromatic carbocycles. The van der Waals surface area contributed by atoms with Crippen LogP contribution in [0.3, 0.4) is 0 Å². The summed E-state index contributed by atoms with van der Waals surface area (Å²) in [5.74, 6) is -0.785. The number of hydrogen-bond acceptors (Lipinski definition) is 7. The second-order valence-corrected chi connectivity index (χ2v) is 9.22. The number of nitrogen functional groups attached to an aromatic ring is 1. The van der Waals surface area contributed by atoms with Crippen molar-refractivity contribution in [2.45, 2.75) is 20.3 Å². The zero-order valence-corrected chi connectivity index (χ0v) is 22.8. The molecular formula is C32H30N4O5. The predicted octanol–water partition coefficient (Wildman–Crippen LogP) is 5.37. The van der Waals surface area contributed by atoms with Gasteiger partial charge >= 0.3 is 12.1 Å². The first-order valence-corrected chi connectivity index (χ1v) is 13.0. The van der Waals surface area contributed by atoms with Gasteiger partial charge in [-0.05, 0) is 86.0 Å². The Morgan fingerprint density at radius 2 is 1.66 bits per heavy atom. The third-order valence-electron chi connectivity index (χ3n) is 6.25. The van der Waals surface area contributed by atoms with E-state index in [1.807, 2.05) is 30.3 Å². The van der Waals surface area contributed by atoms with Gasteiger partial charge in [0, 0.05) is 29.3 Å². The summed E-state index contributed by atoms with van der Waals surface area (Å²) in [4.78, 5) is 44.0. The van der Waals surface area contributed by atoms with E-state index in [2.05, 4.69) is 4.98 Å². The minimum absolute atomic E-state index is 0.0760. The molecule has 0 unspecified atom stereocenters. The van der Waals surface area contributed by atoms with E-state index in [0.29, 0.717) is 34.4 Å². The quantitative estimate of drug-likeness (QED) is 0.0940. The van der Waals surface area contributed by atoms with E-state index in [0.717, 1.165) is 21.4 Å². The maximum absolute atomic E-state index is 13.3. The van der Waals surface area contributed by atoms with Crippen molar-refractivity contribution in [1.82, 2.24) is 9.88 Å². The molecule has 0 aliphatic carbocycles. The highest BCUT2D eigenvalue weighted by atomic mass is 16.6. The van der Waals surface area contributed by atoms with Crippen LogP contribution in [0.25, 0.3) is 17.0 Å². The highest BCUT2D eigenvalue weighted by molar-refractivity contribution is 6.05. The summed E-state index contributed by atoms with van der Waals surface area (Å²) in [6.07, 6.45) is 3.09. The lowest BCUT2D eigenvalue weighted by Gasteiger charge is -2.20. The number of esters is 1. The van der Waals surface area contributed by atoms with Crippen LogP contribution in [0, 0.1) is 5.41 Å². The lowest BCUT2D eigenvalue weighted by Crippen LogP contribution is -2.39. The molecule has 9 heteroatoms. The molecule has 0 aliphatic heterocycles. The van der Waals surface area contributed by atoms with E-state index in [1.165, 1.54) is 0 Å². The van der Waals surface area contributed by atoms with Gasteiger partial charge in [-0.25, -0.2) is 14.5 Å². The molecule has 0 aliphatic rings. The number of nitrogens with one attached hydrogen (secondary N) is 1. The Balaban J connectivity index is 1.43. The van der Waals surface area contributed by atoms with Gasteiger partial charge < -0.3 is 15.2 Å². The van der Waals surface area contributed by atoms with Gasteiger partial charge in [0.2, 0.25) is 0 Å². The zero-order valence-electron chi connectivity index (χ0n) is 22.8. The van der Waals surface area contributed by atoms with Crippen molar-refractivity contribution in [3.05, 3.63) is 113 Å². The molecule has 4 aromatic rings. The van der Waals surface area contributed by atoms with Crippen LogP contribution >= 0.6 is 0 Å². The SMILES string of the molecule is CCOC(=O)N(CCc1cnc2ccccc2c1)C(=O)C(C)=Cc1ccc(C(=O)Oc2ccc(C(=N)N)cc2)cc1. The molecule has 9 nitrogen and oxygen atoms in total. The molecule has 0 atom stereocenters. The predicted molar refractivity (Wildman–Crippen MR) is 157 cm³/mol. The first-order chi connectivity index (χ1) is 19.7. The van der Waals surface area contributed by atoms with Gasteiger partial charge in [0.05, 0.1) is 17.7 Å². The minimum atomic E-state index is -0.714. The summed E-state index contributed by atoms with van der Waals surface area (Å²) in [6, 6.07) is 22.6. The number of nitrogens with two attached hydrogens (primary N) is 1. The molecule has 0 radical (unpaired) electrons. The number of amidine groups is 1. The third kappa shape index (κ3) is 7.42. The average molecular weight is 551 g/mol. The number of carbonyl (C=O) groups excluding carboxylic acids is 3. The number of fused-ring (bicyclic) bond motifs is 1. The van der Waals surface area contributed by atoms with Crippen molar-refractivity contribution in [3.8, 4) is 5.75 Å². The van der Waals surface area contributed by atoms with Crippen molar-refractivity contribution in [3.63, 3.8) is 0 Å². The van der Waals surface area contributed by atoms with Crippen molar-refractivity contribution in [1.29, 1.82) is 5.41 Å². The molecule has 0 fully saturated rings. The molecule has 4 rings (SSSR count). The van der Waals surface area contributed by atoms with Crippen LogP contribution in [-0.4, -0.2) is 46.8 Å². The largest absolute Gasteiger partial charge is 0.449 e. The number of carbonyl (C=O) groups is 3. The van der Waals surface area contributed by atoms with Crippen LogP contribution in [-0.2, 0) is 16.0 Å². The molecule has 2 amide bonds. The molecule has 0 bridgehead atoms. The number of hydrogen-bond donors (Lipinski definition) is 2. The van der Waals surface area contributed by atoms with Crippen LogP contribution in [0.5, 0.6) is 5.75 Å². The fraction of sp³-hybridized carbons (Fsp3) is 0.156. The zero-order chi connectivity index (χ0) is 29.4. The first-order valence-electron chi connectivity index (χ1n) is 13.0. The third-order valence-corrected chi connectivity index (χ3v) is 6.25. The van der Waals surface area contributed by atoms with Crippen LogP contribution in [0.4, 0.5) is 4.79 Å². The Morgan fingerprint density at radius 1 is 0.976 bits per heavy atom. The number of aromatic nitrogens is 1. The number of benzene rings is 3. The summed E-state index contributed by atoms with van der Waals surface area (Å²) in [7, 11) is 0. The highest BCUT2D eigenvalue weighted by Crippen LogP contribution is 2.17. The first kappa shape index (κ1) is 28.7. The molecule has 41 heavy (non-hydrogen) atoms. The normalized spacial score (nSPS) is 11.1. The van der Waals surface area contributed by atoms with Crippen LogP contribution in [0.15, 0.2) is 90.6 Å². The van der Waals surface area contributed by atoms with Gasteiger partial charge in [-0.1, -0.05) is 30.3 Å². The summed E-state index contributed by atoms with van der Waals surface area (Å²) in [6.45, 7) is 3.58. The number of rotatable bonds is 9. The van der Waals surface area contributed by atoms with Gasteiger partial charge in [-0.2, -0.15) is 0 Å². The molecule has 0 saturated heterocycles. The lowest BCUT2D eigenvalue weighted by atomic mass is 10.1. The van der Waals surface area contributed by atoms with Crippen LogP contribution in [0.2, 0.25) is 0 Å². The van der Waals surface area contributed by atoms with Gasteiger partial charge in [0.15, 0.2) is 0 Å². The van der Waals surface area contributed by atoms with E-state index in [1.54, 1.807) is 74.7 Å². The summed E-state index contributed by atoms with van der Waals surface area (Å²) in [5, 5.41) is 8.42. The van der Waals surface area contributed by atoms with Crippen LogP contribution < -0.4 is 10.5 Å². The van der Waals surface area contributed by atoms with Crippen molar-refractivity contribution >= 4 is 40.8 Å². The topological polar surface area (TPSA) is 136 Å². The van der Waals surface area contributed by atoms with E-state index in [4.69, 9.17) is 20.6 Å². The van der Waals surface area contributed by atoms with E-state index >= 15 is 0 Å². The molecule has 0 spiro atoms. The van der Waals surface area contributed by atoms with E-state index in [9.17, 15) is 14.4 Å².